The average Bonchev–Trinajstić information content (AvgIpc) is 2.31. The molecule has 0 aliphatic heterocycles. The summed E-state index contributed by atoms with van der Waals surface area (Å²) in [7, 11) is 0. The Hall–Kier alpha value is -0.120. The minimum atomic E-state index is -0.505. The molecule has 0 unspecified atom stereocenters. The first-order valence-electron chi connectivity index (χ1n) is 7.15. The first-order valence-corrected chi connectivity index (χ1v) is 7.15. The summed E-state index contributed by atoms with van der Waals surface area (Å²) in [4.78, 5) is 2.22. The second kappa shape index (κ2) is 7.34. The third kappa shape index (κ3) is 5.36. The van der Waals surface area contributed by atoms with Crippen molar-refractivity contribution in [3.63, 3.8) is 0 Å². The van der Waals surface area contributed by atoms with Gasteiger partial charge in [-0.2, -0.15) is 0 Å². The molecular formula is C14H29NO2. The maximum absolute atomic E-state index is 10.6. The molecule has 0 aromatic heterocycles. The Labute approximate surface area is 106 Å². The normalized spacial score (nSPS) is 29.8. The van der Waals surface area contributed by atoms with Gasteiger partial charge >= 0.3 is 0 Å². The van der Waals surface area contributed by atoms with E-state index in [9.17, 15) is 5.11 Å². The van der Waals surface area contributed by atoms with E-state index in [1.807, 2.05) is 0 Å². The Bertz CT molecular complexity index is 200. The fraction of sp³-hybridized carbons (Fsp3) is 1.00. The Morgan fingerprint density at radius 3 is 2.41 bits per heavy atom. The highest BCUT2D eigenvalue weighted by atomic mass is 16.3. The van der Waals surface area contributed by atoms with Crippen molar-refractivity contribution >= 4 is 0 Å². The highest BCUT2D eigenvalue weighted by molar-refractivity contribution is 4.87. The minimum Gasteiger partial charge on any atom is -0.395 e. The summed E-state index contributed by atoms with van der Waals surface area (Å²) in [6.45, 7) is 7.06. The molecule has 0 heterocycles. The second-order valence-corrected chi connectivity index (χ2v) is 5.76. The van der Waals surface area contributed by atoms with Crippen LogP contribution in [0.5, 0.6) is 0 Å². The summed E-state index contributed by atoms with van der Waals surface area (Å²) in [6.07, 6.45) is 6.42. The van der Waals surface area contributed by atoms with Crippen LogP contribution in [0.2, 0.25) is 0 Å². The van der Waals surface area contributed by atoms with Crippen LogP contribution in [0.4, 0.5) is 0 Å². The molecule has 0 saturated heterocycles. The van der Waals surface area contributed by atoms with Crippen molar-refractivity contribution in [2.24, 2.45) is 5.92 Å². The second-order valence-electron chi connectivity index (χ2n) is 5.76. The van der Waals surface area contributed by atoms with Crippen molar-refractivity contribution in [1.29, 1.82) is 0 Å². The van der Waals surface area contributed by atoms with Crippen LogP contribution in [0.15, 0.2) is 0 Å². The van der Waals surface area contributed by atoms with Gasteiger partial charge in [0.25, 0.3) is 0 Å². The number of hydrogen-bond donors (Lipinski definition) is 2. The lowest BCUT2D eigenvalue weighted by Gasteiger charge is -2.38. The molecule has 3 heteroatoms. The van der Waals surface area contributed by atoms with Crippen LogP contribution in [0.25, 0.3) is 0 Å². The lowest BCUT2D eigenvalue weighted by atomic mass is 9.79. The number of aliphatic hydroxyl groups excluding tert-OH is 1. The third-order valence-electron chi connectivity index (χ3n) is 3.97. The van der Waals surface area contributed by atoms with E-state index in [2.05, 4.69) is 18.7 Å². The van der Waals surface area contributed by atoms with Gasteiger partial charge in [-0.25, -0.2) is 0 Å². The van der Waals surface area contributed by atoms with Crippen LogP contribution >= 0.6 is 0 Å². The van der Waals surface area contributed by atoms with Gasteiger partial charge in [-0.1, -0.05) is 20.3 Å². The molecule has 17 heavy (non-hydrogen) atoms. The molecule has 0 spiro atoms. The van der Waals surface area contributed by atoms with Gasteiger partial charge < -0.3 is 10.2 Å². The lowest BCUT2D eigenvalue weighted by Crippen LogP contribution is -2.46. The van der Waals surface area contributed by atoms with Gasteiger partial charge in [0.2, 0.25) is 0 Å². The molecule has 1 rings (SSSR count). The molecule has 0 bridgehead atoms. The smallest absolute Gasteiger partial charge is 0.0774 e. The van der Waals surface area contributed by atoms with Crippen molar-refractivity contribution in [3.8, 4) is 0 Å². The standard InChI is InChI=1S/C14H29NO2/c1-3-4-9-15(10-11-16)12-14(17)7-5-13(2)6-8-14/h13,16-17H,3-12H2,1-2H3. The summed E-state index contributed by atoms with van der Waals surface area (Å²) in [5, 5.41) is 19.6. The number of nitrogens with zero attached hydrogens (tertiary/aromatic N) is 1. The summed E-state index contributed by atoms with van der Waals surface area (Å²) in [6, 6.07) is 0. The molecule has 0 atom stereocenters. The molecule has 1 aliphatic rings. The van der Waals surface area contributed by atoms with Crippen LogP contribution in [0, 0.1) is 5.92 Å². The van der Waals surface area contributed by atoms with E-state index in [0.717, 1.165) is 57.5 Å². The molecule has 2 N–H and O–H groups in total. The monoisotopic (exact) mass is 243 g/mol. The Morgan fingerprint density at radius 1 is 1.24 bits per heavy atom. The van der Waals surface area contributed by atoms with E-state index < -0.39 is 5.60 Å². The maximum atomic E-state index is 10.6. The van der Waals surface area contributed by atoms with Gasteiger partial charge in [0, 0.05) is 13.1 Å². The summed E-state index contributed by atoms with van der Waals surface area (Å²) in [5.41, 5.74) is -0.505. The van der Waals surface area contributed by atoms with Crippen molar-refractivity contribution < 1.29 is 10.2 Å². The van der Waals surface area contributed by atoms with Gasteiger partial charge in [-0.3, -0.25) is 4.90 Å². The quantitative estimate of drug-likeness (QED) is 0.719. The molecule has 102 valence electrons. The SMILES string of the molecule is CCCCN(CCO)CC1(O)CCC(C)CC1. The Balaban J connectivity index is 2.41. The summed E-state index contributed by atoms with van der Waals surface area (Å²) < 4.78 is 0. The molecule has 1 saturated carbocycles. The number of aliphatic hydroxyl groups is 2. The van der Waals surface area contributed by atoms with E-state index >= 15 is 0 Å². The Kier molecular flexibility index (Phi) is 6.45. The molecule has 1 aliphatic carbocycles. The summed E-state index contributed by atoms with van der Waals surface area (Å²) >= 11 is 0. The fourth-order valence-corrected chi connectivity index (χ4v) is 2.67. The van der Waals surface area contributed by atoms with E-state index in [1.54, 1.807) is 0 Å². The zero-order valence-electron chi connectivity index (χ0n) is 11.5. The van der Waals surface area contributed by atoms with Gasteiger partial charge in [0.15, 0.2) is 0 Å². The van der Waals surface area contributed by atoms with Crippen LogP contribution in [-0.2, 0) is 0 Å². The van der Waals surface area contributed by atoms with Crippen LogP contribution < -0.4 is 0 Å². The van der Waals surface area contributed by atoms with E-state index in [-0.39, 0.29) is 6.61 Å². The predicted molar refractivity (Wildman–Crippen MR) is 71.0 cm³/mol. The van der Waals surface area contributed by atoms with Crippen LogP contribution in [0.1, 0.15) is 52.4 Å². The van der Waals surface area contributed by atoms with Crippen molar-refractivity contribution in [3.05, 3.63) is 0 Å². The van der Waals surface area contributed by atoms with E-state index in [4.69, 9.17) is 5.11 Å². The topological polar surface area (TPSA) is 43.7 Å². The highest BCUT2D eigenvalue weighted by Crippen LogP contribution is 2.32. The third-order valence-corrected chi connectivity index (χ3v) is 3.97. The molecular weight excluding hydrogens is 214 g/mol. The highest BCUT2D eigenvalue weighted by Gasteiger charge is 2.33. The summed E-state index contributed by atoms with van der Waals surface area (Å²) in [5.74, 6) is 0.761. The number of hydrogen-bond acceptors (Lipinski definition) is 3. The average molecular weight is 243 g/mol. The molecule has 0 aromatic rings. The predicted octanol–water partition coefficient (Wildman–Crippen LogP) is 2.02. The van der Waals surface area contributed by atoms with Gasteiger partial charge in [-0.15, -0.1) is 0 Å². The maximum Gasteiger partial charge on any atom is 0.0774 e. The number of unbranched alkanes of at least 4 members (excludes halogenated alkanes) is 1. The zero-order valence-corrected chi connectivity index (χ0v) is 11.5. The first-order chi connectivity index (χ1) is 8.09. The lowest BCUT2D eigenvalue weighted by molar-refractivity contribution is -0.0374. The van der Waals surface area contributed by atoms with Crippen LogP contribution in [-0.4, -0.2) is 47.0 Å². The first kappa shape index (κ1) is 14.9. The molecule has 1 fully saturated rings. The van der Waals surface area contributed by atoms with E-state index in [1.165, 1.54) is 0 Å². The molecule has 0 amide bonds. The van der Waals surface area contributed by atoms with Gasteiger partial charge in [0.1, 0.15) is 0 Å². The number of rotatable bonds is 7. The Morgan fingerprint density at radius 2 is 1.88 bits per heavy atom. The van der Waals surface area contributed by atoms with Gasteiger partial charge in [-0.05, 0) is 44.6 Å². The molecule has 0 aromatic carbocycles. The van der Waals surface area contributed by atoms with E-state index in [0.29, 0.717) is 6.54 Å². The van der Waals surface area contributed by atoms with Crippen molar-refractivity contribution in [2.45, 2.75) is 58.0 Å². The van der Waals surface area contributed by atoms with Crippen molar-refractivity contribution in [1.82, 2.24) is 4.90 Å². The van der Waals surface area contributed by atoms with Gasteiger partial charge in [0.05, 0.1) is 12.2 Å². The molecule has 3 nitrogen and oxygen atoms in total. The van der Waals surface area contributed by atoms with Crippen LogP contribution in [0.3, 0.4) is 0 Å². The largest absolute Gasteiger partial charge is 0.395 e. The minimum absolute atomic E-state index is 0.191. The zero-order chi connectivity index (χ0) is 12.7. The molecule has 0 radical (unpaired) electrons. The van der Waals surface area contributed by atoms with Crippen molar-refractivity contribution in [2.75, 3.05) is 26.2 Å². The fourth-order valence-electron chi connectivity index (χ4n) is 2.67.